The van der Waals surface area contributed by atoms with Crippen molar-refractivity contribution < 1.29 is 32.9 Å². The quantitative estimate of drug-likeness (QED) is 0.658. The second-order valence-electron chi connectivity index (χ2n) is 5.51. The predicted molar refractivity (Wildman–Crippen MR) is 90.8 cm³/mol. The van der Waals surface area contributed by atoms with Crippen molar-refractivity contribution in [2.45, 2.75) is 13.3 Å². The second-order valence-corrected chi connectivity index (χ2v) is 5.51. The summed E-state index contributed by atoms with van der Waals surface area (Å²) in [5, 5.41) is 5.46. The summed E-state index contributed by atoms with van der Waals surface area (Å²) in [6, 6.07) is 11.6. The molecular formula is C17H15F3N4O4. The smallest absolute Gasteiger partial charge is 0.573 e. The SMILES string of the molecule is CC(=O)Nc1ccccc1-[n+]1cc(=O)n(-c2ccc(OC(F)(F)F)cc2)[nH]1.[OH-]. The number of anilines is 1. The molecule has 0 aliphatic heterocycles. The number of H-pyrrole nitrogens is 1. The van der Waals surface area contributed by atoms with E-state index in [1.165, 1.54) is 29.9 Å². The predicted octanol–water partition coefficient (Wildman–Crippen LogP) is 2.12. The lowest BCUT2D eigenvalue weighted by Crippen LogP contribution is -2.34. The first kappa shape index (κ1) is 20.7. The third-order valence-electron chi connectivity index (χ3n) is 3.47. The van der Waals surface area contributed by atoms with Crippen molar-refractivity contribution >= 4 is 11.6 Å². The molecule has 0 fully saturated rings. The molecule has 1 heterocycles. The maximum absolute atomic E-state index is 12.3. The van der Waals surface area contributed by atoms with Crippen molar-refractivity contribution in [1.29, 1.82) is 0 Å². The molecule has 3 N–H and O–H groups in total. The number of ether oxygens (including phenoxy) is 1. The van der Waals surface area contributed by atoms with Gasteiger partial charge in [0, 0.05) is 6.92 Å². The third kappa shape index (κ3) is 4.76. The van der Waals surface area contributed by atoms with E-state index in [9.17, 15) is 22.8 Å². The number of hydrogen-bond acceptors (Lipinski definition) is 4. The molecule has 0 unspecified atom stereocenters. The molecule has 1 aromatic heterocycles. The zero-order valence-electron chi connectivity index (χ0n) is 14.4. The van der Waals surface area contributed by atoms with Crippen LogP contribution < -0.4 is 20.3 Å². The molecule has 0 saturated heterocycles. The summed E-state index contributed by atoms with van der Waals surface area (Å²) >= 11 is 0. The molecular weight excluding hydrogens is 381 g/mol. The Bertz CT molecular complexity index is 1030. The molecule has 148 valence electrons. The van der Waals surface area contributed by atoms with Crippen LogP contribution in [0.25, 0.3) is 11.4 Å². The first-order chi connectivity index (χ1) is 12.7. The van der Waals surface area contributed by atoms with Crippen molar-refractivity contribution in [3.8, 4) is 17.1 Å². The molecule has 8 nitrogen and oxygen atoms in total. The molecule has 28 heavy (non-hydrogen) atoms. The minimum absolute atomic E-state index is 0. The van der Waals surface area contributed by atoms with Gasteiger partial charge in [-0.15, -0.1) is 17.9 Å². The van der Waals surface area contributed by atoms with Crippen LogP contribution in [-0.4, -0.2) is 27.6 Å². The van der Waals surface area contributed by atoms with Crippen LogP contribution in [0.3, 0.4) is 0 Å². The van der Waals surface area contributed by atoms with Gasteiger partial charge in [0.15, 0.2) is 11.4 Å². The minimum atomic E-state index is -4.79. The Labute approximate surface area is 156 Å². The number of aromatic nitrogens is 3. The number of para-hydroxylation sites is 2. The van der Waals surface area contributed by atoms with Crippen LogP contribution in [0.4, 0.5) is 18.9 Å². The minimum Gasteiger partial charge on any atom is -0.870 e. The summed E-state index contributed by atoms with van der Waals surface area (Å²) in [5.41, 5.74) is 0.861. The first-order valence-corrected chi connectivity index (χ1v) is 7.70. The van der Waals surface area contributed by atoms with Gasteiger partial charge in [-0.3, -0.25) is 4.79 Å². The van der Waals surface area contributed by atoms with E-state index in [1.807, 2.05) is 0 Å². The van der Waals surface area contributed by atoms with Crippen molar-refractivity contribution in [2.24, 2.45) is 0 Å². The Kier molecular flexibility index (Phi) is 5.89. The lowest BCUT2D eigenvalue weighted by atomic mass is 10.2. The highest BCUT2D eigenvalue weighted by atomic mass is 19.4. The number of nitrogens with zero attached hydrogens (tertiary/aromatic N) is 2. The number of rotatable bonds is 4. The third-order valence-corrected chi connectivity index (χ3v) is 3.47. The van der Waals surface area contributed by atoms with Crippen molar-refractivity contribution in [1.82, 2.24) is 9.90 Å². The number of hydrogen-bond donors (Lipinski definition) is 2. The van der Waals surface area contributed by atoms with Crippen molar-refractivity contribution in [2.75, 3.05) is 5.32 Å². The van der Waals surface area contributed by atoms with Gasteiger partial charge in [-0.2, -0.15) is 0 Å². The van der Waals surface area contributed by atoms with E-state index in [0.717, 1.165) is 16.8 Å². The fourth-order valence-corrected chi connectivity index (χ4v) is 2.44. The van der Waals surface area contributed by atoms with E-state index in [-0.39, 0.29) is 11.4 Å². The van der Waals surface area contributed by atoms with E-state index < -0.39 is 17.7 Å². The Morgan fingerprint density at radius 2 is 1.79 bits per heavy atom. The average Bonchev–Trinajstić information content (AvgIpc) is 2.96. The first-order valence-electron chi connectivity index (χ1n) is 7.70. The Morgan fingerprint density at radius 3 is 2.39 bits per heavy atom. The summed E-state index contributed by atoms with van der Waals surface area (Å²) in [4.78, 5) is 23.6. The van der Waals surface area contributed by atoms with Crippen LogP contribution in [-0.2, 0) is 4.79 Å². The average molecular weight is 396 g/mol. The summed E-state index contributed by atoms with van der Waals surface area (Å²) in [7, 11) is 0. The number of carbonyl (C=O) groups is 1. The molecule has 0 aliphatic rings. The topological polar surface area (TPSA) is 110 Å². The molecule has 0 spiro atoms. The number of carbonyl (C=O) groups excluding carboxylic acids is 1. The molecule has 3 rings (SSSR count). The highest BCUT2D eigenvalue weighted by Crippen LogP contribution is 2.23. The summed E-state index contributed by atoms with van der Waals surface area (Å²) in [6.07, 6.45) is -3.54. The van der Waals surface area contributed by atoms with E-state index in [2.05, 4.69) is 15.3 Å². The fourth-order valence-electron chi connectivity index (χ4n) is 2.44. The normalized spacial score (nSPS) is 10.9. The molecule has 3 aromatic rings. The number of nitrogens with one attached hydrogen (secondary N) is 2. The molecule has 1 amide bonds. The van der Waals surface area contributed by atoms with Crippen LogP contribution in [0, 0.1) is 0 Å². The molecule has 11 heteroatoms. The van der Waals surface area contributed by atoms with E-state index in [0.29, 0.717) is 17.1 Å². The monoisotopic (exact) mass is 396 g/mol. The van der Waals surface area contributed by atoms with Crippen LogP contribution in [0.2, 0.25) is 0 Å². The van der Waals surface area contributed by atoms with Gasteiger partial charge in [-0.05, 0) is 36.4 Å². The Morgan fingerprint density at radius 1 is 1.14 bits per heavy atom. The molecule has 0 aliphatic carbocycles. The van der Waals surface area contributed by atoms with Crippen molar-refractivity contribution in [3.05, 3.63) is 65.1 Å². The maximum Gasteiger partial charge on any atom is 0.573 e. The highest BCUT2D eigenvalue weighted by molar-refractivity contribution is 5.90. The zero-order valence-corrected chi connectivity index (χ0v) is 14.4. The van der Waals surface area contributed by atoms with Crippen LogP contribution in [0.15, 0.2) is 59.5 Å². The van der Waals surface area contributed by atoms with Gasteiger partial charge >= 0.3 is 11.9 Å². The summed E-state index contributed by atoms with van der Waals surface area (Å²) in [6.45, 7) is 1.36. The van der Waals surface area contributed by atoms with Gasteiger partial charge in [0.1, 0.15) is 5.75 Å². The molecule has 0 bridgehead atoms. The fraction of sp³-hybridized carbons (Fsp3) is 0.118. The number of aromatic amines is 1. The van der Waals surface area contributed by atoms with Gasteiger partial charge in [0.25, 0.3) is 0 Å². The Hall–Kier alpha value is -3.60. The standard InChI is InChI=1S/C17H13F3N4O3.H2O/c1-11(25)21-14-4-2-3-5-15(14)23-10-16(26)24(22-23)12-6-8-13(9-7-12)27-17(18,19)20;/h2-10H,1H3,(H-,21,22,25,26);1H2. The van der Waals surface area contributed by atoms with Crippen LogP contribution in [0.5, 0.6) is 5.75 Å². The van der Waals surface area contributed by atoms with Crippen LogP contribution in [0.1, 0.15) is 6.92 Å². The second kappa shape index (κ2) is 7.96. The van der Waals surface area contributed by atoms with Crippen molar-refractivity contribution in [3.63, 3.8) is 0 Å². The van der Waals surface area contributed by atoms with Gasteiger partial charge in [-0.1, -0.05) is 22.0 Å². The molecule has 0 radical (unpaired) electrons. The number of alkyl halides is 3. The lowest BCUT2D eigenvalue weighted by molar-refractivity contribution is -0.660. The number of amides is 1. The van der Waals surface area contributed by atoms with E-state index in [1.54, 1.807) is 24.3 Å². The Balaban J connectivity index is 0.00000280. The lowest BCUT2D eigenvalue weighted by Gasteiger charge is -2.08. The summed E-state index contributed by atoms with van der Waals surface area (Å²) in [5.74, 6) is -0.667. The van der Waals surface area contributed by atoms with Gasteiger partial charge < -0.3 is 15.5 Å². The van der Waals surface area contributed by atoms with Gasteiger partial charge in [0.05, 0.1) is 5.69 Å². The van der Waals surface area contributed by atoms with E-state index in [4.69, 9.17) is 0 Å². The zero-order chi connectivity index (χ0) is 19.6. The van der Waals surface area contributed by atoms with E-state index >= 15 is 0 Å². The maximum atomic E-state index is 12.3. The molecule has 0 atom stereocenters. The summed E-state index contributed by atoms with van der Waals surface area (Å²) < 4.78 is 43.0. The number of benzene rings is 2. The van der Waals surface area contributed by atoms with Crippen LogP contribution >= 0.6 is 0 Å². The number of halogens is 3. The molecule has 2 aromatic carbocycles. The van der Waals surface area contributed by atoms with Gasteiger partial charge in [-0.25, -0.2) is 4.79 Å². The highest BCUT2D eigenvalue weighted by Gasteiger charge is 2.31. The van der Waals surface area contributed by atoms with Gasteiger partial charge in [0.2, 0.25) is 12.1 Å². The largest absolute Gasteiger partial charge is 0.870 e. The molecule has 0 saturated carbocycles.